The summed E-state index contributed by atoms with van der Waals surface area (Å²) < 4.78 is 0.965. The quantitative estimate of drug-likeness (QED) is 0.797. The number of amides is 2. The molecule has 0 unspecified atom stereocenters. The minimum Gasteiger partial charge on any atom is -0.295 e. The molecule has 3 aliphatic rings. The number of halogens is 1. The van der Waals surface area contributed by atoms with Crippen LogP contribution in [0.5, 0.6) is 0 Å². The number of carbonyl (C=O) groups excluding carboxylic acids is 2. The molecule has 2 aliphatic heterocycles. The normalized spacial score (nSPS) is 31.9. The Labute approximate surface area is 101 Å². The summed E-state index contributed by atoms with van der Waals surface area (Å²) in [7, 11) is 0. The number of benzene rings is 1. The molecule has 0 spiro atoms. The van der Waals surface area contributed by atoms with Gasteiger partial charge in [0.25, 0.3) is 0 Å². The van der Waals surface area contributed by atoms with E-state index < -0.39 is 5.41 Å². The van der Waals surface area contributed by atoms with Gasteiger partial charge in [0.2, 0.25) is 11.8 Å². The number of rotatable bonds is 1. The van der Waals surface area contributed by atoms with Crippen LogP contribution >= 0.6 is 15.9 Å². The molecule has 2 heterocycles. The van der Waals surface area contributed by atoms with Crippen LogP contribution in [-0.2, 0) is 15.0 Å². The summed E-state index contributed by atoms with van der Waals surface area (Å²) in [5.74, 6) is -0.225. The molecule has 2 bridgehead atoms. The van der Waals surface area contributed by atoms with E-state index in [1.165, 1.54) is 0 Å². The van der Waals surface area contributed by atoms with Gasteiger partial charge in [-0.3, -0.25) is 14.9 Å². The second-order valence-corrected chi connectivity index (χ2v) is 5.43. The SMILES string of the molecule is O=C1NC(=O)C2(c3cccc(Br)c3)CC1C2. The fourth-order valence-electron chi connectivity index (χ4n) is 2.64. The average molecular weight is 280 g/mol. The maximum Gasteiger partial charge on any atom is 0.237 e. The molecule has 0 radical (unpaired) electrons. The van der Waals surface area contributed by atoms with E-state index in [0.29, 0.717) is 12.8 Å². The van der Waals surface area contributed by atoms with Crippen molar-refractivity contribution in [2.75, 3.05) is 0 Å². The van der Waals surface area contributed by atoms with E-state index in [9.17, 15) is 9.59 Å². The van der Waals surface area contributed by atoms with Crippen LogP contribution in [0.3, 0.4) is 0 Å². The van der Waals surface area contributed by atoms with Crippen molar-refractivity contribution in [1.29, 1.82) is 0 Å². The number of imide groups is 1. The van der Waals surface area contributed by atoms with E-state index in [2.05, 4.69) is 21.2 Å². The minimum atomic E-state index is -0.456. The van der Waals surface area contributed by atoms with Gasteiger partial charge in [-0.25, -0.2) is 0 Å². The predicted molar refractivity (Wildman–Crippen MR) is 61.7 cm³/mol. The lowest BCUT2D eigenvalue weighted by molar-refractivity contribution is -0.151. The zero-order chi connectivity index (χ0) is 11.3. The molecule has 2 saturated heterocycles. The Hall–Kier alpha value is -1.16. The largest absolute Gasteiger partial charge is 0.295 e. The highest BCUT2D eigenvalue weighted by Gasteiger charge is 2.58. The molecule has 82 valence electrons. The number of carbonyl (C=O) groups is 2. The molecule has 1 aromatic carbocycles. The fraction of sp³-hybridized carbons (Fsp3) is 0.333. The summed E-state index contributed by atoms with van der Waals surface area (Å²) in [5.41, 5.74) is 0.547. The van der Waals surface area contributed by atoms with E-state index in [-0.39, 0.29) is 17.7 Å². The monoisotopic (exact) mass is 279 g/mol. The van der Waals surface area contributed by atoms with Gasteiger partial charge in [-0.2, -0.15) is 0 Å². The first-order valence-electron chi connectivity index (χ1n) is 5.23. The van der Waals surface area contributed by atoms with E-state index in [4.69, 9.17) is 0 Å². The maximum atomic E-state index is 11.9. The second-order valence-electron chi connectivity index (χ2n) is 4.52. The van der Waals surface area contributed by atoms with Crippen molar-refractivity contribution in [3.8, 4) is 0 Å². The molecule has 1 N–H and O–H groups in total. The summed E-state index contributed by atoms with van der Waals surface area (Å²) in [6.07, 6.45) is 1.32. The summed E-state index contributed by atoms with van der Waals surface area (Å²) in [4.78, 5) is 23.3. The van der Waals surface area contributed by atoms with Gasteiger partial charge in [0.15, 0.2) is 0 Å². The summed E-state index contributed by atoms with van der Waals surface area (Å²) in [6.45, 7) is 0. The van der Waals surface area contributed by atoms with Crippen molar-refractivity contribution in [2.24, 2.45) is 5.92 Å². The van der Waals surface area contributed by atoms with Crippen molar-refractivity contribution in [1.82, 2.24) is 5.32 Å². The molecule has 2 amide bonds. The molecular formula is C12H10BrNO2. The van der Waals surface area contributed by atoms with Gasteiger partial charge in [0, 0.05) is 10.4 Å². The lowest BCUT2D eigenvalue weighted by Gasteiger charge is -2.49. The Balaban J connectivity index is 2.02. The van der Waals surface area contributed by atoms with Gasteiger partial charge in [-0.05, 0) is 30.5 Å². The van der Waals surface area contributed by atoms with E-state index in [1.807, 2.05) is 24.3 Å². The van der Waals surface area contributed by atoms with Gasteiger partial charge in [-0.15, -0.1) is 0 Å². The Kier molecular flexibility index (Phi) is 1.98. The molecule has 16 heavy (non-hydrogen) atoms. The smallest absolute Gasteiger partial charge is 0.237 e. The van der Waals surface area contributed by atoms with Crippen LogP contribution < -0.4 is 5.32 Å². The first-order valence-corrected chi connectivity index (χ1v) is 6.02. The number of piperidine rings is 2. The maximum absolute atomic E-state index is 11.9. The van der Waals surface area contributed by atoms with Crippen molar-refractivity contribution >= 4 is 27.7 Å². The Bertz CT molecular complexity index is 492. The van der Waals surface area contributed by atoms with E-state index in [1.54, 1.807) is 0 Å². The van der Waals surface area contributed by atoms with Crippen LogP contribution in [0.15, 0.2) is 28.7 Å². The van der Waals surface area contributed by atoms with Crippen LogP contribution in [0.2, 0.25) is 0 Å². The third kappa shape index (κ3) is 1.19. The first-order chi connectivity index (χ1) is 7.62. The third-order valence-corrected chi connectivity index (χ3v) is 4.10. The molecule has 0 aromatic heterocycles. The highest BCUT2D eigenvalue weighted by molar-refractivity contribution is 9.10. The molecule has 3 fully saturated rings. The third-order valence-electron chi connectivity index (χ3n) is 3.61. The average Bonchev–Trinajstić information content (AvgIpc) is 2.14. The first kappa shape index (κ1) is 10.0. The molecule has 4 heteroatoms. The molecule has 4 rings (SSSR count). The van der Waals surface area contributed by atoms with Gasteiger partial charge < -0.3 is 0 Å². The lowest BCUT2D eigenvalue weighted by Crippen LogP contribution is -2.64. The highest BCUT2D eigenvalue weighted by atomic mass is 79.9. The van der Waals surface area contributed by atoms with Crippen molar-refractivity contribution in [3.63, 3.8) is 0 Å². The number of nitrogens with one attached hydrogen (secondary N) is 1. The molecular weight excluding hydrogens is 270 g/mol. The highest BCUT2D eigenvalue weighted by Crippen LogP contribution is 2.51. The number of fused-ring (bicyclic) bond motifs is 2. The summed E-state index contributed by atoms with van der Waals surface area (Å²) in [6, 6.07) is 7.77. The number of hydrogen-bond acceptors (Lipinski definition) is 2. The molecule has 0 atom stereocenters. The van der Waals surface area contributed by atoms with Crippen molar-refractivity contribution in [2.45, 2.75) is 18.3 Å². The molecule has 3 nitrogen and oxygen atoms in total. The van der Waals surface area contributed by atoms with Crippen LogP contribution in [0.25, 0.3) is 0 Å². The van der Waals surface area contributed by atoms with Gasteiger partial charge in [0.1, 0.15) is 0 Å². The van der Waals surface area contributed by atoms with Crippen molar-refractivity contribution in [3.05, 3.63) is 34.3 Å². The lowest BCUT2D eigenvalue weighted by atomic mass is 9.55. The Morgan fingerprint density at radius 3 is 2.69 bits per heavy atom. The predicted octanol–water partition coefficient (Wildman–Crippen LogP) is 1.75. The zero-order valence-electron chi connectivity index (χ0n) is 8.50. The minimum absolute atomic E-state index is 0.0247. The summed E-state index contributed by atoms with van der Waals surface area (Å²) >= 11 is 3.40. The van der Waals surface area contributed by atoms with Gasteiger partial charge >= 0.3 is 0 Å². The van der Waals surface area contributed by atoms with Gasteiger partial charge in [0.05, 0.1) is 5.41 Å². The molecule has 1 aromatic rings. The zero-order valence-corrected chi connectivity index (χ0v) is 10.1. The fourth-order valence-corrected chi connectivity index (χ4v) is 3.04. The number of hydrogen-bond donors (Lipinski definition) is 1. The Morgan fingerprint density at radius 1 is 1.31 bits per heavy atom. The summed E-state index contributed by atoms with van der Waals surface area (Å²) in [5, 5.41) is 2.44. The van der Waals surface area contributed by atoms with Crippen LogP contribution in [0, 0.1) is 5.92 Å². The second kappa shape index (κ2) is 3.17. The Morgan fingerprint density at radius 2 is 2.06 bits per heavy atom. The van der Waals surface area contributed by atoms with Crippen LogP contribution in [-0.4, -0.2) is 11.8 Å². The van der Waals surface area contributed by atoms with Gasteiger partial charge in [-0.1, -0.05) is 28.1 Å². The van der Waals surface area contributed by atoms with E-state index >= 15 is 0 Å². The van der Waals surface area contributed by atoms with E-state index in [0.717, 1.165) is 10.0 Å². The topological polar surface area (TPSA) is 46.2 Å². The molecule has 1 saturated carbocycles. The van der Waals surface area contributed by atoms with Crippen LogP contribution in [0.4, 0.5) is 0 Å². The van der Waals surface area contributed by atoms with Crippen molar-refractivity contribution < 1.29 is 9.59 Å². The van der Waals surface area contributed by atoms with Crippen LogP contribution in [0.1, 0.15) is 18.4 Å². The standard InChI is InChI=1S/C12H10BrNO2/c13-9-3-1-2-8(4-9)12-5-7(6-12)10(15)14-11(12)16/h1-4,7H,5-6H2,(H,14,15,16). The molecule has 1 aliphatic carbocycles.